The van der Waals surface area contributed by atoms with E-state index in [4.69, 9.17) is 4.74 Å². The highest BCUT2D eigenvalue weighted by Crippen LogP contribution is 2.14. The molecule has 114 valence electrons. The van der Waals surface area contributed by atoms with Gasteiger partial charge in [-0.2, -0.15) is 0 Å². The molecule has 0 radical (unpaired) electrons. The molecule has 1 aromatic rings. The van der Waals surface area contributed by atoms with Gasteiger partial charge in [0.05, 0.1) is 13.7 Å². The molecule has 0 fully saturated rings. The largest absolute Gasteiger partial charge is 0.467 e. The van der Waals surface area contributed by atoms with Crippen LogP contribution >= 0.6 is 22.6 Å². The van der Waals surface area contributed by atoms with Crippen molar-refractivity contribution in [2.24, 2.45) is 0 Å². The van der Waals surface area contributed by atoms with E-state index < -0.39 is 24.0 Å². The van der Waals surface area contributed by atoms with Gasteiger partial charge in [-0.3, -0.25) is 4.79 Å². The highest BCUT2D eigenvalue weighted by molar-refractivity contribution is 14.1. The smallest absolute Gasteiger partial charge is 0.417 e. The van der Waals surface area contributed by atoms with E-state index in [9.17, 15) is 14.4 Å². The standard InChI is InChI=1S/C14H16INO5/c1-3-21-14(19)16(11(9-15)13(18)20-2)12(17)10-7-5-4-6-8-10/h4-8,11H,3,9H2,1-2H3/t11-/m0/s1. The molecule has 7 heteroatoms. The second-order valence-corrected chi connectivity index (χ2v) is 4.81. The molecule has 0 saturated carbocycles. The van der Waals surface area contributed by atoms with Crippen LogP contribution in [-0.4, -0.2) is 47.1 Å². The predicted octanol–water partition coefficient (Wildman–Crippen LogP) is 2.26. The summed E-state index contributed by atoms with van der Waals surface area (Å²) in [6, 6.07) is 7.21. The Labute approximate surface area is 136 Å². The third-order valence-electron chi connectivity index (χ3n) is 2.64. The first-order valence-corrected chi connectivity index (χ1v) is 7.78. The first-order valence-electron chi connectivity index (χ1n) is 6.25. The molecule has 6 nitrogen and oxygen atoms in total. The minimum Gasteiger partial charge on any atom is -0.467 e. The number of imide groups is 1. The maximum Gasteiger partial charge on any atom is 0.417 e. The Kier molecular flexibility index (Phi) is 7.13. The maximum atomic E-state index is 12.5. The lowest BCUT2D eigenvalue weighted by Gasteiger charge is -2.26. The third-order valence-corrected chi connectivity index (χ3v) is 3.47. The quantitative estimate of drug-likeness (QED) is 0.427. The molecule has 1 rings (SSSR count). The average Bonchev–Trinajstić information content (AvgIpc) is 2.52. The molecule has 1 atom stereocenters. The lowest BCUT2D eigenvalue weighted by atomic mass is 10.1. The van der Waals surface area contributed by atoms with Gasteiger partial charge in [-0.05, 0) is 19.1 Å². The molecular formula is C14H16INO5. The molecule has 0 N–H and O–H groups in total. The van der Waals surface area contributed by atoms with Crippen LogP contribution in [0.5, 0.6) is 0 Å². The Bertz CT molecular complexity index is 505. The zero-order valence-corrected chi connectivity index (χ0v) is 13.9. The third kappa shape index (κ3) is 4.42. The Hall–Kier alpha value is -1.64. The number of carbonyl (C=O) groups excluding carboxylic acids is 3. The van der Waals surface area contributed by atoms with Crippen molar-refractivity contribution in [2.45, 2.75) is 13.0 Å². The van der Waals surface area contributed by atoms with Crippen LogP contribution in [-0.2, 0) is 14.3 Å². The molecule has 1 aromatic carbocycles. The van der Waals surface area contributed by atoms with E-state index in [1.54, 1.807) is 37.3 Å². The zero-order chi connectivity index (χ0) is 15.8. The van der Waals surface area contributed by atoms with Crippen molar-refractivity contribution in [1.82, 2.24) is 4.90 Å². The van der Waals surface area contributed by atoms with Crippen molar-refractivity contribution in [1.29, 1.82) is 0 Å². The van der Waals surface area contributed by atoms with Crippen molar-refractivity contribution >= 4 is 40.6 Å². The van der Waals surface area contributed by atoms with Gasteiger partial charge in [0.15, 0.2) is 0 Å². The van der Waals surface area contributed by atoms with E-state index in [0.717, 1.165) is 4.90 Å². The van der Waals surface area contributed by atoms with Crippen LogP contribution in [0.1, 0.15) is 17.3 Å². The first-order chi connectivity index (χ1) is 10.1. The first kappa shape index (κ1) is 17.4. The monoisotopic (exact) mass is 405 g/mol. The van der Waals surface area contributed by atoms with Gasteiger partial charge in [-0.15, -0.1) is 0 Å². The van der Waals surface area contributed by atoms with Gasteiger partial charge in [-0.1, -0.05) is 40.8 Å². The number of halogens is 1. The Morgan fingerprint density at radius 3 is 2.33 bits per heavy atom. The van der Waals surface area contributed by atoms with Gasteiger partial charge in [0, 0.05) is 9.99 Å². The predicted molar refractivity (Wildman–Crippen MR) is 84.3 cm³/mol. The van der Waals surface area contributed by atoms with Gasteiger partial charge < -0.3 is 9.47 Å². The number of hydrogen-bond acceptors (Lipinski definition) is 5. The summed E-state index contributed by atoms with van der Waals surface area (Å²) < 4.78 is 9.74. The highest BCUT2D eigenvalue weighted by atomic mass is 127. The van der Waals surface area contributed by atoms with E-state index in [1.165, 1.54) is 7.11 Å². The fourth-order valence-electron chi connectivity index (χ4n) is 1.64. The summed E-state index contributed by atoms with van der Waals surface area (Å²) in [4.78, 5) is 37.1. The van der Waals surface area contributed by atoms with Crippen LogP contribution in [0.4, 0.5) is 4.79 Å². The number of esters is 1. The summed E-state index contributed by atoms with van der Waals surface area (Å²) in [7, 11) is 1.21. The van der Waals surface area contributed by atoms with Crippen molar-refractivity contribution in [3.05, 3.63) is 35.9 Å². The number of alkyl halides is 1. The van der Waals surface area contributed by atoms with Gasteiger partial charge in [0.2, 0.25) is 0 Å². The number of methoxy groups -OCH3 is 1. The van der Waals surface area contributed by atoms with Gasteiger partial charge in [0.1, 0.15) is 6.04 Å². The molecule has 0 saturated heterocycles. The number of nitrogens with zero attached hydrogens (tertiary/aromatic N) is 1. The van der Waals surface area contributed by atoms with Crippen LogP contribution < -0.4 is 0 Å². The molecule has 0 heterocycles. The van der Waals surface area contributed by atoms with Gasteiger partial charge >= 0.3 is 12.1 Å². The molecule has 0 spiro atoms. The SMILES string of the molecule is CCOC(=O)N(C(=O)c1ccccc1)[C@@H](CI)C(=O)OC. The summed E-state index contributed by atoms with van der Waals surface area (Å²) >= 11 is 1.92. The minimum absolute atomic E-state index is 0.104. The van der Waals surface area contributed by atoms with Crippen molar-refractivity contribution in [3.8, 4) is 0 Å². The van der Waals surface area contributed by atoms with Crippen LogP contribution in [0.3, 0.4) is 0 Å². The number of amides is 2. The summed E-state index contributed by atoms with van der Waals surface area (Å²) in [5.41, 5.74) is 0.296. The fourth-order valence-corrected chi connectivity index (χ4v) is 2.39. The normalized spacial score (nSPS) is 11.4. The molecule has 0 aliphatic rings. The zero-order valence-electron chi connectivity index (χ0n) is 11.7. The number of rotatable bonds is 5. The lowest BCUT2D eigenvalue weighted by molar-refractivity contribution is -0.144. The Morgan fingerprint density at radius 1 is 1.24 bits per heavy atom. The second-order valence-electron chi connectivity index (χ2n) is 3.93. The van der Waals surface area contributed by atoms with Crippen LogP contribution in [0, 0.1) is 0 Å². The summed E-state index contributed by atoms with van der Waals surface area (Å²) in [6.07, 6.45) is -0.863. The van der Waals surface area contributed by atoms with Crippen LogP contribution in [0.15, 0.2) is 30.3 Å². The number of hydrogen-bond donors (Lipinski definition) is 0. The van der Waals surface area contributed by atoms with Crippen LogP contribution in [0.25, 0.3) is 0 Å². The van der Waals surface area contributed by atoms with Gasteiger partial charge in [-0.25, -0.2) is 14.5 Å². The summed E-state index contributed by atoms with van der Waals surface area (Å²) in [5, 5.41) is 0. The van der Waals surface area contributed by atoms with Crippen molar-refractivity contribution < 1.29 is 23.9 Å². The molecule has 0 bridgehead atoms. The fraction of sp³-hybridized carbons (Fsp3) is 0.357. The van der Waals surface area contributed by atoms with E-state index in [0.29, 0.717) is 5.56 Å². The van der Waals surface area contributed by atoms with Gasteiger partial charge in [0.25, 0.3) is 5.91 Å². The minimum atomic E-state index is -1.03. The lowest BCUT2D eigenvalue weighted by Crippen LogP contribution is -2.50. The van der Waals surface area contributed by atoms with Crippen LogP contribution in [0.2, 0.25) is 0 Å². The Morgan fingerprint density at radius 2 is 1.86 bits per heavy atom. The van der Waals surface area contributed by atoms with E-state index in [1.807, 2.05) is 22.6 Å². The second kappa shape index (κ2) is 8.60. The number of carbonyl (C=O) groups is 3. The molecular weight excluding hydrogens is 389 g/mol. The number of benzene rings is 1. The summed E-state index contributed by atoms with van der Waals surface area (Å²) in [5.74, 6) is -1.26. The molecule has 0 unspecified atom stereocenters. The van der Waals surface area contributed by atoms with E-state index in [2.05, 4.69) is 4.74 Å². The number of ether oxygens (including phenoxy) is 2. The van der Waals surface area contributed by atoms with Crippen molar-refractivity contribution in [3.63, 3.8) is 0 Å². The molecule has 0 aliphatic heterocycles. The molecule has 2 amide bonds. The highest BCUT2D eigenvalue weighted by Gasteiger charge is 2.36. The average molecular weight is 405 g/mol. The summed E-state index contributed by atoms with van der Waals surface area (Å²) in [6.45, 7) is 1.73. The van der Waals surface area contributed by atoms with E-state index in [-0.39, 0.29) is 11.0 Å². The maximum absolute atomic E-state index is 12.5. The molecule has 0 aliphatic carbocycles. The topological polar surface area (TPSA) is 72.9 Å². The molecule has 0 aromatic heterocycles. The molecule has 21 heavy (non-hydrogen) atoms. The Balaban J connectivity index is 3.15. The van der Waals surface area contributed by atoms with E-state index >= 15 is 0 Å². The van der Waals surface area contributed by atoms with Crippen molar-refractivity contribution in [2.75, 3.05) is 18.1 Å².